The second-order valence-electron chi connectivity index (χ2n) is 6.55. The Morgan fingerprint density at radius 3 is 2.65 bits per heavy atom. The number of hydrogen-bond donors (Lipinski definition) is 0. The van der Waals surface area contributed by atoms with Gasteiger partial charge in [0.25, 0.3) is 0 Å². The minimum Gasteiger partial charge on any atom is -0.493 e. The Morgan fingerprint density at radius 1 is 1.06 bits per heavy atom. The van der Waals surface area contributed by atoms with Gasteiger partial charge in [0.15, 0.2) is 22.5 Å². The Balaban J connectivity index is 1.55. The van der Waals surface area contributed by atoms with Gasteiger partial charge in [-0.1, -0.05) is 54.2 Å². The van der Waals surface area contributed by atoms with Crippen LogP contribution >= 0.6 is 23.1 Å². The van der Waals surface area contributed by atoms with Crippen LogP contribution in [-0.2, 0) is 12.3 Å². The van der Waals surface area contributed by atoms with Gasteiger partial charge in [0.05, 0.1) is 25.5 Å². The van der Waals surface area contributed by atoms with Crippen LogP contribution < -0.4 is 9.47 Å². The molecule has 4 aromatic rings. The Hall–Kier alpha value is -3.10. The highest BCUT2D eigenvalue weighted by Gasteiger charge is 2.16. The predicted octanol–water partition coefficient (Wildman–Crippen LogP) is 5.56. The summed E-state index contributed by atoms with van der Waals surface area (Å²) in [4.78, 5) is 4.80. The zero-order chi connectivity index (χ0) is 21.6. The lowest BCUT2D eigenvalue weighted by Gasteiger charge is -2.10. The van der Waals surface area contributed by atoms with E-state index in [4.69, 9.17) is 14.5 Å². The average Bonchev–Trinajstić information content (AvgIpc) is 3.45. The summed E-state index contributed by atoms with van der Waals surface area (Å²) in [5.41, 5.74) is 2.93. The number of aromatic nitrogens is 4. The first-order chi connectivity index (χ1) is 15.2. The second-order valence-corrected chi connectivity index (χ2v) is 8.35. The van der Waals surface area contributed by atoms with Crippen molar-refractivity contribution in [3.63, 3.8) is 0 Å². The van der Waals surface area contributed by atoms with Crippen molar-refractivity contribution in [1.29, 1.82) is 0 Å². The molecule has 0 bridgehead atoms. The Kier molecular flexibility index (Phi) is 6.69. The van der Waals surface area contributed by atoms with Crippen LogP contribution in [0.25, 0.3) is 22.0 Å². The molecule has 31 heavy (non-hydrogen) atoms. The van der Waals surface area contributed by atoms with E-state index in [0.717, 1.165) is 32.8 Å². The van der Waals surface area contributed by atoms with Crippen LogP contribution in [0.3, 0.4) is 0 Å². The molecule has 0 atom stereocenters. The van der Waals surface area contributed by atoms with Crippen molar-refractivity contribution in [1.82, 2.24) is 19.7 Å². The van der Waals surface area contributed by atoms with Crippen LogP contribution in [0.2, 0.25) is 0 Å². The van der Waals surface area contributed by atoms with Crippen molar-refractivity contribution in [2.75, 3.05) is 14.2 Å². The fourth-order valence-corrected chi connectivity index (χ4v) is 4.97. The summed E-state index contributed by atoms with van der Waals surface area (Å²) in [7, 11) is 3.27. The fraction of sp³-hybridized carbons (Fsp3) is 0.174. The van der Waals surface area contributed by atoms with E-state index in [1.807, 2.05) is 54.6 Å². The second kappa shape index (κ2) is 9.80. The van der Waals surface area contributed by atoms with Gasteiger partial charge < -0.3 is 9.47 Å². The number of thiazole rings is 1. The number of methoxy groups -OCH3 is 2. The molecule has 0 radical (unpaired) electrons. The van der Waals surface area contributed by atoms with Gasteiger partial charge in [-0.2, -0.15) is 0 Å². The van der Waals surface area contributed by atoms with Gasteiger partial charge >= 0.3 is 0 Å². The Bertz CT molecular complexity index is 1170. The lowest BCUT2D eigenvalue weighted by Crippen LogP contribution is -2.00. The van der Waals surface area contributed by atoms with E-state index in [1.165, 1.54) is 0 Å². The molecule has 0 fully saturated rings. The molecular formula is C23H22N4O2S2. The predicted molar refractivity (Wildman–Crippen MR) is 126 cm³/mol. The average molecular weight is 451 g/mol. The third-order valence-electron chi connectivity index (χ3n) is 4.59. The van der Waals surface area contributed by atoms with Gasteiger partial charge in [-0.3, -0.25) is 4.57 Å². The molecule has 6 nitrogen and oxygen atoms in total. The molecule has 0 unspecified atom stereocenters. The third-order valence-corrected chi connectivity index (χ3v) is 6.52. The van der Waals surface area contributed by atoms with Crippen LogP contribution in [0.4, 0.5) is 0 Å². The van der Waals surface area contributed by atoms with Crippen LogP contribution in [0.15, 0.2) is 71.7 Å². The van der Waals surface area contributed by atoms with Crippen molar-refractivity contribution in [3.05, 3.63) is 72.3 Å². The highest BCUT2D eigenvalue weighted by molar-refractivity contribution is 7.98. The van der Waals surface area contributed by atoms with E-state index in [9.17, 15) is 0 Å². The maximum Gasteiger partial charge on any atom is 0.192 e. The number of para-hydroxylation sites is 1. The molecule has 4 rings (SSSR count). The summed E-state index contributed by atoms with van der Waals surface area (Å²) >= 11 is 3.20. The number of benzene rings is 2. The first-order valence-corrected chi connectivity index (χ1v) is 11.5. The largest absolute Gasteiger partial charge is 0.493 e. The van der Waals surface area contributed by atoms with E-state index >= 15 is 0 Å². The van der Waals surface area contributed by atoms with E-state index < -0.39 is 0 Å². The normalized spacial score (nSPS) is 10.8. The minimum atomic E-state index is 0.642. The fourth-order valence-electron chi connectivity index (χ4n) is 3.18. The summed E-state index contributed by atoms with van der Waals surface area (Å²) in [6.45, 7) is 4.52. The highest BCUT2D eigenvalue weighted by atomic mass is 32.2. The number of allylic oxidation sites excluding steroid dienone is 1. The lowest BCUT2D eigenvalue weighted by atomic mass is 10.2. The summed E-state index contributed by atoms with van der Waals surface area (Å²) in [6.07, 6.45) is 1.86. The first kappa shape index (κ1) is 21.1. The van der Waals surface area contributed by atoms with Crippen LogP contribution in [-0.4, -0.2) is 34.0 Å². The molecular weight excluding hydrogens is 428 g/mol. The standard InChI is InChI=1S/C23H22N4O2S2/c1-4-13-27-21(16-9-6-5-7-10-16)25-26-23(27)31-15-17-14-30-22(24-17)18-11-8-12-19(28-2)20(18)29-3/h4-12,14H,1,13,15H2,2-3H3. The zero-order valence-corrected chi connectivity index (χ0v) is 18.9. The van der Waals surface area contributed by atoms with Gasteiger partial charge in [-0.25, -0.2) is 4.98 Å². The molecule has 0 aliphatic heterocycles. The Labute approximate surface area is 189 Å². The smallest absolute Gasteiger partial charge is 0.192 e. The molecule has 8 heteroatoms. The summed E-state index contributed by atoms with van der Waals surface area (Å²) < 4.78 is 13.0. The SMILES string of the molecule is C=CCn1c(SCc2csc(-c3cccc(OC)c3OC)n2)nnc1-c1ccccc1. The van der Waals surface area contributed by atoms with E-state index in [2.05, 4.69) is 26.7 Å². The molecule has 0 saturated heterocycles. The van der Waals surface area contributed by atoms with E-state index in [1.54, 1.807) is 37.3 Å². The quantitative estimate of drug-likeness (QED) is 0.246. The molecule has 0 N–H and O–H groups in total. The monoisotopic (exact) mass is 450 g/mol. The Morgan fingerprint density at radius 2 is 1.90 bits per heavy atom. The minimum absolute atomic E-state index is 0.642. The van der Waals surface area contributed by atoms with Gasteiger partial charge in [-0.05, 0) is 12.1 Å². The first-order valence-electron chi connectivity index (χ1n) is 9.63. The van der Waals surface area contributed by atoms with Gasteiger partial charge in [0.1, 0.15) is 5.01 Å². The molecule has 2 aromatic heterocycles. The molecule has 0 amide bonds. The summed E-state index contributed by atoms with van der Waals surface area (Å²) in [6, 6.07) is 15.9. The summed E-state index contributed by atoms with van der Waals surface area (Å²) in [5.74, 6) is 2.91. The molecule has 158 valence electrons. The number of nitrogens with zero attached hydrogens (tertiary/aromatic N) is 4. The zero-order valence-electron chi connectivity index (χ0n) is 17.3. The van der Waals surface area contributed by atoms with Crippen molar-refractivity contribution < 1.29 is 9.47 Å². The molecule has 0 spiro atoms. The summed E-state index contributed by atoms with van der Waals surface area (Å²) in [5, 5.41) is 12.6. The van der Waals surface area contributed by atoms with Gasteiger partial charge in [0, 0.05) is 23.2 Å². The van der Waals surface area contributed by atoms with Gasteiger partial charge in [-0.15, -0.1) is 28.1 Å². The highest BCUT2D eigenvalue weighted by Crippen LogP contribution is 2.39. The van der Waals surface area contributed by atoms with Gasteiger partial charge in [0.2, 0.25) is 0 Å². The molecule has 0 saturated carbocycles. The number of ether oxygens (including phenoxy) is 2. The molecule has 0 aliphatic rings. The van der Waals surface area contributed by atoms with Crippen molar-refractivity contribution in [2.24, 2.45) is 0 Å². The molecule has 2 aromatic carbocycles. The lowest BCUT2D eigenvalue weighted by molar-refractivity contribution is 0.356. The van der Waals surface area contributed by atoms with E-state index in [-0.39, 0.29) is 0 Å². The number of rotatable bonds is 9. The van der Waals surface area contributed by atoms with Crippen LogP contribution in [0, 0.1) is 0 Å². The number of thioether (sulfide) groups is 1. The number of hydrogen-bond acceptors (Lipinski definition) is 7. The van der Waals surface area contributed by atoms with Crippen molar-refractivity contribution in [3.8, 4) is 33.5 Å². The maximum atomic E-state index is 5.55. The molecule has 0 aliphatic carbocycles. The van der Waals surface area contributed by atoms with Crippen molar-refractivity contribution in [2.45, 2.75) is 17.5 Å². The van der Waals surface area contributed by atoms with Crippen molar-refractivity contribution >= 4 is 23.1 Å². The maximum absolute atomic E-state index is 5.55. The van der Waals surface area contributed by atoms with E-state index in [0.29, 0.717) is 23.8 Å². The topological polar surface area (TPSA) is 62.1 Å². The molecule has 2 heterocycles. The third kappa shape index (κ3) is 4.50. The van der Waals surface area contributed by atoms with Crippen LogP contribution in [0.1, 0.15) is 5.69 Å². The van der Waals surface area contributed by atoms with Crippen LogP contribution in [0.5, 0.6) is 11.5 Å².